The maximum absolute atomic E-state index is 12.9. The van der Waals surface area contributed by atoms with Crippen LogP contribution in [-0.4, -0.2) is 65.6 Å². The predicted octanol–water partition coefficient (Wildman–Crippen LogP) is 2.72. The van der Waals surface area contributed by atoms with Gasteiger partial charge in [0, 0.05) is 50.3 Å². The summed E-state index contributed by atoms with van der Waals surface area (Å²) < 4.78 is 5.73. The molecule has 0 radical (unpaired) electrons. The molecule has 0 bridgehead atoms. The number of hydrogen-bond donors (Lipinski definition) is 1. The highest BCUT2D eigenvalue weighted by molar-refractivity contribution is 5.96. The Balaban J connectivity index is 1.39. The van der Waals surface area contributed by atoms with Gasteiger partial charge in [-0.1, -0.05) is 6.07 Å². The molecule has 28 heavy (non-hydrogen) atoms. The molecular formula is C22H30N2O4. The van der Waals surface area contributed by atoms with Gasteiger partial charge in [-0.25, -0.2) is 0 Å². The number of ether oxygens (including phenoxy) is 1. The van der Waals surface area contributed by atoms with Crippen LogP contribution in [0.4, 0.5) is 0 Å². The summed E-state index contributed by atoms with van der Waals surface area (Å²) in [5, 5.41) is 9.90. The SMILES string of the molecule is Cc1c(O)cccc1C(=O)N1CCC2(CCC(=O)N(C[C@H]3CCCO3)C2)CC1. The fraction of sp³-hybridized carbons (Fsp3) is 0.636. The zero-order valence-corrected chi connectivity index (χ0v) is 16.7. The highest BCUT2D eigenvalue weighted by Crippen LogP contribution is 2.41. The van der Waals surface area contributed by atoms with Crippen molar-refractivity contribution in [3.05, 3.63) is 29.3 Å². The molecule has 1 N–H and O–H groups in total. The first-order valence-electron chi connectivity index (χ1n) is 10.4. The van der Waals surface area contributed by atoms with Crippen molar-refractivity contribution >= 4 is 11.8 Å². The Hall–Kier alpha value is -2.08. The smallest absolute Gasteiger partial charge is 0.254 e. The van der Waals surface area contributed by atoms with Crippen LogP contribution in [0.5, 0.6) is 5.75 Å². The number of phenols is 1. The molecule has 1 aromatic rings. The van der Waals surface area contributed by atoms with Crippen LogP contribution in [0, 0.1) is 12.3 Å². The van der Waals surface area contributed by atoms with Crippen LogP contribution in [0.1, 0.15) is 54.4 Å². The molecule has 6 heteroatoms. The number of carbonyl (C=O) groups is 2. The minimum atomic E-state index is -0.00801. The van der Waals surface area contributed by atoms with E-state index < -0.39 is 0 Å². The Bertz CT molecular complexity index is 749. The van der Waals surface area contributed by atoms with E-state index in [1.165, 1.54) is 0 Å². The molecule has 3 aliphatic heterocycles. The van der Waals surface area contributed by atoms with Crippen molar-refractivity contribution in [3.63, 3.8) is 0 Å². The molecule has 1 atom stereocenters. The highest BCUT2D eigenvalue weighted by Gasteiger charge is 2.42. The third-order valence-corrected chi connectivity index (χ3v) is 6.84. The number of aromatic hydroxyl groups is 1. The van der Waals surface area contributed by atoms with E-state index in [1.807, 2.05) is 9.80 Å². The van der Waals surface area contributed by atoms with Gasteiger partial charge in [-0.05, 0) is 56.6 Å². The summed E-state index contributed by atoms with van der Waals surface area (Å²) >= 11 is 0. The number of nitrogens with zero attached hydrogens (tertiary/aromatic N) is 2. The number of hydrogen-bond acceptors (Lipinski definition) is 4. The molecule has 1 aromatic carbocycles. The van der Waals surface area contributed by atoms with Crippen molar-refractivity contribution in [2.45, 2.75) is 51.6 Å². The summed E-state index contributed by atoms with van der Waals surface area (Å²) in [4.78, 5) is 29.2. The molecule has 0 unspecified atom stereocenters. The van der Waals surface area contributed by atoms with Crippen LogP contribution in [0.25, 0.3) is 0 Å². The van der Waals surface area contributed by atoms with Crippen molar-refractivity contribution in [1.82, 2.24) is 9.80 Å². The average Bonchev–Trinajstić information content (AvgIpc) is 3.20. The number of phenolic OH excluding ortho intramolecular Hbond substituents is 1. The van der Waals surface area contributed by atoms with Gasteiger partial charge in [0.25, 0.3) is 5.91 Å². The van der Waals surface area contributed by atoms with Crippen molar-refractivity contribution < 1.29 is 19.4 Å². The lowest BCUT2D eigenvalue weighted by Crippen LogP contribution is -2.53. The van der Waals surface area contributed by atoms with E-state index in [0.717, 1.165) is 45.3 Å². The number of piperidine rings is 2. The van der Waals surface area contributed by atoms with E-state index in [0.29, 0.717) is 37.2 Å². The van der Waals surface area contributed by atoms with Gasteiger partial charge < -0.3 is 19.6 Å². The Morgan fingerprint density at radius 1 is 1.29 bits per heavy atom. The van der Waals surface area contributed by atoms with Crippen molar-refractivity contribution in [3.8, 4) is 5.75 Å². The van der Waals surface area contributed by atoms with E-state index in [1.54, 1.807) is 25.1 Å². The molecule has 3 saturated heterocycles. The number of amides is 2. The second-order valence-corrected chi connectivity index (χ2v) is 8.65. The van der Waals surface area contributed by atoms with Crippen LogP contribution < -0.4 is 0 Å². The third-order valence-electron chi connectivity index (χ3n) is 6.84. The zero-order valence-electron chi connectivity index (χ0n) is 16.7. The largest absolute Gasteiger partial charge is 0.508 e. The normalized spacial score (nSPS) is 24.8. The Morgan fingerprint density at radius 3 is 2.79 bits per heavy atom. The molecule has 2 amide bonds. The Labute approximate surface area is 166 Å². The number of carbonyl (C=O) groups excluding carboxylic acids is 2. The van der Waals surface area contributed by atoms with E-state index in [9.17, 15) is 14.7 Å². The van der Waals surface area contributed by atoms with Crippen LogP contribution >= 0.6 is 0 Å². The molecule has 1 spiro atoms. The topological polar surface area (TPSA) is 70.1 Å². The molecule has 0 saturated carbocycles. The van der Waals surface area contributed by atoms with Crippen LogP contribution in [0.3, 0.4) is 0 Å². The van der Waals surface area contributed by atoms with Gasteiger partial charge in [-0.3, -0.25) is 9.59 Å². The maximum Gasteiger partial charge on any atom is 0.254 e. The van der Waals surface area contributed by atoms with E-state index >= 15 is 0 Å². The van der Waals surface area contributed by atoms with Crippen molar-refractivity contribution in [2.24, 2.45) is 5.41 Å². The van der Waals surface area contributed by atoms with E-state index in [4.69, 9.17) is 4.74 Å². The standard InChI is InChI=1S/C22H30N2O4/c1-16-18(5-2-6-19(16)25)21(27)23-11-9-22(10-12-23)8-7-20(26)24(15-22)14-17-4-3-13-28-17/h2,5-6,17,25H,3-4,7-15H2,1H3/t17-/m1/s1. The molecule has 3 aliphatic rings. The zero-order chi connectivity index (χ0) is 19.7. The summed E-state index contributed by atoms with van der Waals surface area (Å²) in [5.41, 5.74) is 1.34. The first-order chi connectivity index (χ1) is 13.5. The Kier molecular flexibility index (Phi) is 5.32. The van der Waals surface area contributed by atoms with Crippen LogP contribution in [0.2, 0.25) is 0 Å². The summed E-state index contributed by atoms with van der Waals surface area (Å²) in [7, 11) is 0. The van der Waals surface area contributed by atoms with Gasteiger partial charge in [-0.15, -0.1) is 0 Å². The number of benzene rings is 1. The lowest BCUT2D eigenvalue weighted by atomic mass is 9.72. The number of likely N-dealkylation sites (tertiary alicyclic amines) is 2. The molecule has 6 nitrogen and oxygen atoms in total. The predicted molar refractivity (Wildman–Crippen MR) is 105 cm³/mol. The first-order valence-corrected chi connectivity index (χ1v) is 10.4. The van der Waals surface area contributed by atoms with Gasteiger partial charge in [0.05, 0.1) is 6.10 Å². The van der Waals surface area contributed by atoms with Gasteiger partial charge in [0.15, 0.2) is 0 Å². The third kappa shape index (κ3) is 3.75. The monoisotopic (exact) mass is 386 g/mol. The summed E-state index contributed by atoms with van der Waals surface area (Å²) in [6.45, 7) is 5.50. The van der Waals surface area contributed by atoms with Crippen LogP contribution in [-0.2, 0) is 9.53 Å². The summed E-state index contributed by atoms with van der Waals surface area (Å²) in [6, 6.07) is 5.11. The lowest BCUT2D eigenvalue weighted by molar-refractivity contribution is -0.141. The fourth-order valence-corrected chi connectivity index (χ4v) is 4.92. The molecule has 0 aliphatic carbocycles. The van der Waals surface area contributed by atoms with E-state index in [-0.39, 0.29) is 29.1 Å². The van der Waals surface area contributed by atoms with Gasteiger partial charge in [0.2, 0.25) is 5.91 Å². The quantitative estimate of drug-likeness (QED) is 0.867. The Morgan fingerprint density at radius 2 is 2.07 bits per heavy atom. The fourth-order valence-electron chi connectivity index (χ4n) is 4.92. The van der Waals surface area contributed by atoms with Crippen molar-refractivity contribution in [1.29, 1.82) is 0 Å². The maximum atomic E-state index is 12.9. The van der Waals surface area contributed by atoms with Gasteiger partial charge >= 0.3 is 0 Å². The molecule has 0 aromatic heterocycles. The van der Waals surface area contributed by atoms with Gasteiger partial charge in [-0.2, -0.15) is 0 Å². The van der Waals surface area contributed by atoms with E-state index in [2.05, 4.69) is 0 Å². The molecule has 152 valence electrons. The van der Waals surface area contributed by atoms with Gasteiger partial charge in [0.1, 0.15) is 5.75 Å². The molecule has 3 heterocycles. The second-order valence-electron chi connectivity index (χ2n) is 8.65. The molecule has 4 rings (SSSR count). The minimum Gasteiger partial charge on any atom is -0.508 e. The minimum absolute atomic E-state index is 0.00801. The molecule has 3 fully saturated rings. The summed E-state index contributed by atoms with van der Waals surface area (Å²) in [6.07, 6.45) is 5.69. The highest BCUT2D eigenvalue weighted by atomic mass is 16.5. The lowest BCUT2D eigenvalue weighted by Gasteiger charge is -2.47. The average molecular weight is 386 g/mol. The van der Waals surface area contributed by atoms with Crippen molar-refractivity contribution in [2.75, 3.05) is 32.8 Å². The number of rotatable bonds is 3. The second kappa shape index (κ2) is 7.74. The molecular weight excluding hydrogens is 356 g/mol. The first kappa shape index (κ1) is 19.2. The van der Waals surface area contributed by atoms with Crippen LogP contribution in [0.15, 0.2) is 18.2 Å². The summed E-state index contributed by atoms with van der Waals surface area (Å²) in [5.74, 6) is 0.399.